The lowest BCUT2D eigenvalue weighted by Gasteiger charge is -2.37. The normalized spacial score (nSPS) is 15.3. The first kappa shape index (κ1) is 20.3. The summed E-state index contributed by atoms with van der Waals surface area (Å²) in [5.74, 6) is -0.0367. The molecule has 0 aliphatic carbocycles. The van der Waals surface area contributed by atoms with E-state index in [1.807, 2.05) is 17.0 Å². The van der Waals surface area contributed by atoms with Gasteiger partial charge in [0.15, 0.2) is 11.9 Å². The van der Waals surface area contributed by atoms with Gasteiger partial charge in [-0.25, -0.2) is 4.39 Å². The number of hydrogen-bond donors (Lipinski definition) is 0. The molecule has 148 valence electrons. The largest absolute Gasteiger partial charge is 0.481 e. The van der Waals surface area contributed by atoms with E-state index in [1.165, 1.54) is 13.0 Å². The van der Waals surface area contributed by atoms with Crippen LogP contribution in [0.15, 0.2) is 46.9 Å². The first-order chi connectivity index (χ1) is 13.3. The van der Waals surface area contributed by atoms with Crippen molar-refractivity contribution in [3.63, 3.8) is 0 Å². The standard InChI is InChI=1S/C21H22BrFN2O3/c1-14(26)16-3-8-20(19(23)13-16)24-9-11-25(12-10-24)21(27)15(2)28-18-6-4-17(22)5-7-18/h3-8,13,15H,9-12H2,1-2H3/t15-/m0/s1. The number of ketones is 1. The number of amides is 1. The summed E-state index contributed by atoms with van der Waals surface area (Å²) >= 11 is 3.37. The zero-order chi connectivity index (χ0) is 20.3. The fraction of sp³-hybridized carbons (Fsp3) is 0.333. The number of Topliss-reactive ketones (excluding diaryl/α,β-unsaturated/α-hetero) is 1. The van der Waals surface area contributed by atoms with Gasteiger partial charge in [-0.05, 0) is 56.3 Å². The molecule has 3 rings (SSSR count). The van der Waals surface area contributed by atoms with Crippen molar-refractivity contribution in [3.8, 4) is 5.75 Å². The van der Waals surface area contributed by atoms with E-state index in [1.54, 1.807) is 36.1 Å². The van der Waals surface area contributed by atoms with Crippen molar-refractivity contribution in [1.29, 1.82) is 0 Å². The highest BCUT2D eigenvalue weighted by molar-refractivity contribution is 9.10. The van der Waals surface area contributed by atoms with Crippen LogP contribution >= 0.6 is 15.9 Å². The summed E-state index contributed by atoms with van der Waals surface area (Å²) in [6.07, 6.45) is -0.598. The Morgan fingerprint density at radius 3 is 2.29 bits per heavy atom. The molecule has 7 heteroatoms. The lowest BCUT2D eigenvalue weighted by molar-refractivity contribution is -0.138. The van der Waals surface area contributed by atoms with Gasteiger partial charge in [0.2, 0.25) is 0 Å². The first-order valence-corrected chi connectivity index (χ1v) is 9.91. The fourth-order valence-corrected chi connectivity index (χ4v) is 3.44. The van der Waals surface area contributed by atoms with Gasteiger partial charge >= 0.3 is 0 Å². The van der Waals surface area contributed by atoms with Crippen molar-refractivity contribution >= 4 is 33.3 Å². The molecule has 1 atom stereocenters. The van der Waals surface area contributed by atoms with Gasteiger partial charge in [0, 0.05) is 36.2 Å². The van der Waals surface area contributed by atoms with Crippen LogP contribution in [0.5, 0.6) is 5.75 Å². The molecule has 0 saturated carbocycles. The molecule has 1 amide bonds. The lowest BCUT2D eigenvalue weighted by Crippen LogP contribution is -2.52. The number of carbonyl (C=O) groups excluding carboxylic acids is 2. The predicted molar refractivity (Wildman–Crippen MR) is 109 cm³/mol. The maximum Gasteiger partial charge on any atom is 0.263 e. The highest BCUT2D eigenvalue weighted by Crippen LogP contribution is 2.23. The molecule has 0 radical (unpaired) electrons. The van der Waals surface area contributed by atoms with Crippen LogP contribution in [-0.2, 0) is 4.79 Å². The molecule has 2 aromatic carbocycles. The second kappa shape index (κ2) is 8.73. The van der Waals surface area contributed by atoms with Crippen molar-refractivity contribution < 1.29 is 18.7 Å². The molecular formula is C21H22BrFN2O3. The van der Waals surface area contributed by atoms with Crippen LogP contribution in [-0.4, -0.2) is 48.9 Å². The minimum Gasteiger partial charge on any atom is -0.481 e. The molecule has 1 heterocycles. The SMILES string of the molecule is CC(=O)c1ccc(N2CCN(C(=O)[C@H](C)Oc3ccc(Br)cc3)CC2)c(F)c1. The number of hydrogen-bond acceptors (Lipinski definition) is 4. The third kappa shape index (κ3) is 4.70. The number of nitrogens with zero attached hydrogens (tertiary/aromatic N) is 2. The summed E-state index contributed by atoms with van der Waals surface area (Å²) in [5, 5.41) is 0. The van der Waals surface area contributed by atoms with E-state index in [2.05, 4.69) is 15.9 Å². The van der Waals surface area contributed by atoms with Gasteiger partial charge in [-0.15, -0.1) is 0 Å². The second-order valence-corrected chi connectivity index (χ2v) is 7.66. The maximum atomic E-state index is 14.4. The van der Waals surface area contributed by atoms with Crippen molar-refractivity contribution in [3.05, 3.63) is 58.3 Å². The summed E-state index contributed by atoms with van der Waals surface area (Å²) in [4.78, 5) is 27.7. The van der Waals surface area contributed by atoms with Crippen LogP contribution in [0.1, 0.15) is 24.2 Å². The van der Waals surface area contributed by atoms with Gasteiger partial charge in [0.05, 0.1) is 5.69 Å². The zero-order valence-electron chi connectivity index (χ0n) is 15.8. The summed E-state index contributed by atoms with van der Waals surface area (Å²) in [7, 11) is 0. The number of rotatable bonds is 5. The Kier molecular flexibility index (Phi) is 6.34. The number of halogens is 2. The Balaban J connectivity index is 1.58. The van der Waals surface area contributed by atoms with Gasteiger partial charge < -0.3 is 14.5 Å². The maximum absolute atomic E-state index is 14.4. The number of piperazine rings is 1. The van der Waals surface area contributed by atoms with E-state index in [4.69, 9.17) is 4.74 Å². The van der Waals surface area contributed by atoms with Crippen LogP contribution in [0, 0.1) is 5.82 Å². The Hall–Kier alpha value is -2.41. The van der Waals surface area contributed by atoms with Crippen molar-refractivity contribution in [2.45, 2.75) is 20.0 Å². The molecule has 2 aromatic rings. The Morgan fingerprint density at radius 2 is 1.71 bits per heavy atom. The molecule has 0 spiro atoms. The van der Waals surface area contributed by atoms with Crippen LogP contribution in [0.25, 0.3) is 0 Å². The molecular weight excluding hydrogens is 427 g/mol. The average molecular weight is 449 g/mol. The van der Waals surface area contributed by atoms with Crippen LogP contribution in [0.4, 0.5) is 10.1 Å². The average Bonchev–Trinajstić information content (AvgIpc) is 2.69. The number of ether oxygens (including phenoxy) is 1. The monoisotopic (exact) mass is 448 g/mol. The van der Waals surface area contributed by atoms with Crippen molar-refractivity contribution in [2.24, 2.45) is 0 Å². The molecule has 1 saturated heterocycles. The van der Waals surface area contributed by atoms with Gasteiger partial charge in [-0.1, -0.05) is 15.9 Å². The summed E-state index contributed by atoms with van der Waals surface area (Å²) in [5.41, 5.74) is 0.810. The van der Waals surface area contributed by atoms with E-state index in [-0.39, 0.29) is 11.7 Å². The third-order valence-electron chi connectivity index (χ3n) is 4.76. The predicted octanol–water partition coefficient (Wildman–Crippen LogP) is 3.91. The van der Waals surface area contributed by atoms with Crippen LogP contribution < -0.4 is 9.64 Å². The van der Waals surface area contributed by atoms with Crippen molar-refractivity contribution in [1.82, 2.24) is 4.90 Å². The number of anilines is 1. The molecule has 0 aromatic heterocycles. The molecule has 0 unspecified atom stereocenters. The summed E-state index contributed by atoms with van der Waals surface area (Å²) in [6, 6.07) is 11.9. The van der Waals surface area contributed by atoms with E-state index < -0.39 is 11.9 Å². The van der Waals surface area contributed by atoms with Gasteiger partial charge in [0.1, 0.15) is 11.6 Å². The molecule has 1 aliphatic rings. The van der Waals surface area contributed by atoms with Gasteiger partial charge in [-0.2, -0.15) is 0 Å². The van der Waals surface area contributed by atoms with E-state index in [0.29, 0.717) is 43.2 Å². The molecule has 0 bridgehead atoms. The molecule has 0 N–H and O–H groups in total. The highest BCUT2D eigenvalue weighted by Gasteiger charge is 2.27. The minimum absolute atomic E-state index is 0.0880. The Labute approximate surface area is 172 Å². The quantitative estimate of drug-likeness (QED) is 0.650. The van der Waals surface area contributed by atoms with Gasteiger partial charge in [0.25, 0.3) is 5.91 Å². The minimum atomic E-state index is -0.598. The number of carbonyl (C=O) groups is 2. The van der Waals surface area contributed by atoms with E-state index in [9.17, 15) is 14.0 Å². The lowest BCUT2D eigenvalue weighted by atomic mass is 10.1. The molecule has 1 fully saturated rings. The summed E-state index contributed by atoms with van der Waals surface area (Å²) in [6.45, 7) is 5.16. The van der Waals surface area contributed by atoms with Gasteiger partial charge in [-0.3, -0.25) is 9.59 Å². The van der Waals surface area contributed by atoms with Crippen molar-refractivity contribution in [2.75, 3.05) is 31.1 Å². The smallest absolute Gasteiger partial charge is 0.263 e. The van der Waals surface area contributed by atoms with Crippen LogP contribution in [0.3, 0.4) is 0 Å². The Bertz CT molecular complexity index is 864. The first-order valence-electron chi connectivity index (χ1n) is 9.11. The van der Waals surface area contributed by atoms with Crippen LogP contribution in [0.2, 0.25) is 0 Å². The molecule has 5 nitrogen and oxygen atoms in total. The fourth-order valence-electron chi connectivity index (χ4n) is 3.17. The Morgan fingerprint density at radius 1 is 1.07 bits per heavy atom. The molecule has 28 heavy (non-hydrogen) atoms. The topological polar surface area (TPSA) is 49.9 Å². The highest BCUT2D eigenvalue weighted by atomic mass is 79.9. The second-order valence-electron chi connectivity index (χ2n) is 6.75. The molecule has 1 aliphatic heterocycles. The van der Waals surface area contributed by atoms with E-state index >= 15 is 0 Å². The summed E-state index contributed by atoms with van der Waals surface area (Å²) < 4.78 is 21.0. The zero-order valence-corrected chi connectivity index (χ0v) is 17.4. The number of benzene rings is 2. The third-order valence-corrected chi connectivity index (χ3v) is 5.29. The van der Waals surface area contributed by atoms with E-state index in [0.717, 1.165) is 4.47 Å².